The zero-order valence-electron chi connectivity index (χ0n) is 16.1. The Bertz CT molecular complexity index is 871. The first kappa shape index (κ1) is 22.3. The lowest BCUT2D eigenvalue weighted by Crippen LogP contribution is -2.41. The van der Waals surface area contributed by atoms with Gasteiger partial charge in [-0.05, 0) is 24.3 Å². The molecule has 0 bridgehead atoms. The summed E-state index contributed by atoms with van der Waals surface area (Å²) < 4.78 is 4.72. The number of carbonyl (C=O) groups is 2. The molecule has 0 saturated carbocycles. The Kier molecular flexibility index (Phi) is 7.67. The third kappa shape index (κ3) is 5.51. The van der Waals surface area contributed by atoms with E-state index in [2.05, 4.69) is 9.97 Å². The van der Waals surface area contributed by atoms with Crippen LogP contribution in [-0.2, 0) is 9.53 Å². The molecule has 2 heterocycles. The normalized spacial score (nSPS) is 15.9. The van der Waals surface area contributed by atoms with Crippen LogP contribution in [0.15, 0.2) is 36.7 Å². The van der Waals surface area contributed by atoms with Crippen LogP contribution in [0.1, 0.15) is 35.4 Å². The average molecular weight is 418 g/mol. The Morgan fingerprint density at radius 1 is 1.21 bits per heavy atom. The predicted octanol–water partition coefficient (Wildman–Crippen LogP) is 2.26. The number of rotatable bonds is 5. The number of aromatic nitrogens is 2. The Morgan fingerprint density at radius 3 is 2.45 bits per heavy atom. The van der Waals surface area contributed by atoms with Gasteiger partial charge in [0.2, 0.25) is 5.82 Å². The molecule has 0 aliphatic carbocycles. The van der Waals surface area contributed by atoms with Gasteiger partial charge in [-0.15, -0.1) is 12.4 Å². The SMILES string of the molecule is COC(=O)CC1CCCN(C(=O)c2ncc(-c3ccc(C(=N)N)cc3)cn2)C1.Cl. The van der Waals surface area contributed by atoms with Crippen molar-refractivity contribution in [2.45, 2.75) is 19.3 Å². The molecule has 8 nitrogen and oxygen atoms in total. The minimum atomic E-state index is -0.254. The van der Waals surface area contributed by atoms with Crippen LogP contribution in [0.4, 0.5) is 0 Å². The first-order valence-electron chi connectivity index (χ1n) is 9.11. The number of nitrogen functional groups attached to an aromatic ring is 1. The molecule has 1 aliphatic rings. The standard InChI is InChI=1S/C20H23N5O3.ClH/c1-28-17(26)9-13-3-2-8-25(12-13)20(27)19-23-10-16(11-24-19)14-4-6-15(7-5-14)18(21)22;/h4-7,10-11,13H,2-3,8-9,12H2,1H3,(H3,21,22);1H. The number of amides is 1. The minimum Gasteiger partial charge on any atom is -0.469 e. The highest BCUT2D eigenvalue weighted by atomic mass is 35.5. The van der Waals surface area contributed by atoms with Crippen LogP contribution in [0.25, 0.3) is 11.1 Å². The lowest BCUT2D eigenvalue weighted by Gasteiger charge is -2.31. The lowest BCUT2D eigenvalue weighted by atomic mass is 9.95. The summed E-state index contributed by atoms with van der Waals surface area (Å²) in [6, 6.07) is 7.18. The maximum atomic E-state index is 12.7. The number of nitrogens with two attached hydrogens (primary N) is 1. The number of nitrogens with one attached hydrogen (secondary N) is 1. The van der Waals surface area contributed by atoms with E-state index in [1.807, 2.05) is 12.1 Å². The number of hydrogen-bond acceptors (Lipinski definition) is 6. The smallest absolute Gasteiger partial charge is 0.305 e. The number of amidine groups is 1. The molecule has 1 fully saturated rings. The van der Waals surface area contributed by atoms with Crippen LogP contribution in [0.5, 0.6) is 0 Å². The molecular formula is C20H24ClN5O3. The molecule has 0 radical (unpaired) electrons. The largest absolute Gasteiger partial charge is 0.469 e. The first-order valence-corrected chi connectivity index (χ1v) is 9.11. The molecule has 0 spiro atoms. The van der Waals surface area contributed by atoms with Gasteiger partial charge in [0.1, 0.15) is 5.84 Å². The topological polar surface area (TPSA) is 122 Å². The Hall–Kier alpha value is -3.00. The number of methoxy groups -OCH3 is 1. The van der Waals surface area contributed by atoms with Crippen molar-refractivity contribution in [3.8, 4) is 11.1 Å². The van der Waals surface area contributed by atoms with Gasteiger partial charge in [0.15, 0.2) is 0 Å². The van der Waals surface area contributed by atoms with E-state index in [9.17, 15) is 9.59 Å². The number of hydrogen-bond donors (Lipinski definition) is 2. The summed E-state index contributed by atoms with van der Waals surface area (Å²) >= 11 is 0. The summed E-state index contributed by atoms with van der Waals surface area (Å²) in [5.74, 6) is -0.230. The Labute approximate surface area is 175 Å². The first-order chi connectivity index (χ1) is 13.5. The second kappa shape index (κ2) is 9.97. The maximum absolute atomic E-state index is 12.7. The second-order valence-corrected chi connectivity index (χ2v) is 6.83. The molecule has 3 N–H and O–H groups in total. The van der Waals surface area contributed by atoms with Gasteiger partial charge >= 0.3 is 5.97 Å². The summed E-state index contributed by atoms with van der Waals surface area (Å²) in [6.07, 6.45) is 5.27. The van der Waals surface area contributed by atoms with Crippen LogP contribution < -0.4 is 5.73 Å². The highest BCUT2D eigenvalue weighted by Gasteiger charge is 2.27. The van der Waals surface area contributed by atoms with Gasteiger partial charge in [-0.1, -0.05) is 24.3 Å². The fraction of sp³-hybridized carbons (Fsp3) is 0.350. The monoisotopic (exact) mass is 417 g/mol. The zero-order chi connectivity index (χ0) is 20.1. The fourth-order valence-corrected chi connectivity index (χ4v) is 3.31. The van der Waals surface area contributed by atoms with Gasteiger partial charge in [0, 0.05) is 43.0 Å². The van der Waals surface area contributed by atoms with Crippen molar-refractivity contribution < 1.29 is 14.3 Å². The van der Waals surface area contributed by atoms with Crippen molar-refractivity contribution in [1.82, 2.24) is 14.9 Å². The van der Waals surface area contributed by atoms with Crippen molar-refractivity contribution in [3.63, 3.8) is 0 Å². The van der Waals surface area contributed by atoms with Gasteiger partial charge in [-0.2, -0.15) is 0 Å². The van der Waals surface area contributed by atoms with Crippen LogP contribution >= 0.6 is 12.4 Å². The molecule has 1 aromatic carbocycles. The number of benzene rings is 1. The molecule has 29 heavy (non-hydrogen) atoms. The number of carbonyl (C=O) groups excluding carboxylic acids is 2. The van der Waals surface area contributed by atoms with E-state index in [0.29, 0.717) is 25.1 Å². The van der Waals surface area contributed by atoms with Gasteiger partial charge in [-0.25, -0.2) is 9.97 Å². The Morgan fingerprint density at radius 2 is 1.86 bits per heavy atom. The molecule has 3 rings (SSSR count). The molecule has 1 atom stereocenters. The third-order valence-electron chi connectivity index (χ3n) is 4.86. The quantitative estimate of drug-likeness (QED) is 0.437. The van der Waals surface area contributed by atoms with E-state index in [1.165, 1.54) is 7.11 Å². The molecule has 1 amide bonds. The second-order valence-electron chi connectivity index (χ2n) is 6.83. The minimum absolute atomic E-state index is 0. The molecule has 1 aromatic heterocycles. The summed E-state index contributed by atoms with van der Waals surface area (Å²) in [5, 5.41) is 7.43. The van der Waals surface area contributed by atoms with E-state index < -0.39 is 0 Å². The number of likely N-dealkylation sites (tertiary alicyclic amines) is 1. The van der Waals surface area contributed by atoms with Crippen LogP contribution in [-0.4, -0.2) is 52.8 Å². The van der Waals surface area contributed by atoms with Gasteiger partial charge in [0.25, 0.3) is 5.91 Å². The number of halogens is 1. The van der Waals surface area contributed by atoms with Gasteiger partial charge in [0.05, 0.1) is 7.11 Å². The number of ether oxygens (including phenoxy) is 1. The molecule has 1 saturated heterocycles. The maximum Gasteiger partial charge on any atom is 0.305 e. The van der Waals surface area contributed by atoms with E-state index in [0.717, 1.165) is 24.0 Å². The number of piperidine rings is 1. The lowest BCUT2D eigenvalue weighted by molar-refractivity contribution is -0.142. The van der Waals surface area contributed by atoms with Crippen LogP contribution in [0.2, 0.25) is 0 Å². The molecule has 2 aromatic rings. The number of nitrogens with zero attached hydrogens (tertiary/aromatic N) is 3. The summed E-state index contributed by atoms with van der Waals surface area (Å²) in [5.41, 5.74) is 7.75. The van der Waals surface area contributed by atoms with Crippen molar-refractivity contribution in [1.29, 1.82) is 5.41 Å². The van der Waals surface area contributed by atoms with Crippen molar-refractivity contribution in [3.05, 3.63) is 48.0 Å². The summed E-state index contributed by atoms with van der Waals surface area (Å²) in [4.78, 5) is 34.4. The summed E-state index contributed by atoms with van der Waals surface area (Å²) in [7, 11) is 1.37. The average Bonchev–Trinajstić information content (AvgIpc) is 2.73. The number of esters is 1. The van der Waals surface area contributed by atoms with Gasteiger partial charge < -0.3 is 15.4 Å². The molecule has 1 unspecified atom stereocenters. The van der Waals surface area contributed by atoms with Gasteiger partial charge in [-0.3, -0.25) is 15.0 Å². The predicted molar refractivity (Wildman–Crippen MR) is 111 cm³/mol. The van der Waals surface area contributed by atoms with Crippen molar-refractivity contribution in [2.75, 3.05) is 20.2 Å². The van der Waals surface area contributed by atoms with Crippen molar-refractivity contribution >= 4 is 30.1 Å². The Balaban J connectivity index is 0.00000300. The van der Waals surface area contributed by atoms with Crippen LogP contribution in [0, 0.1) is 11.3 Å². The zero-order valence-corrected chi connectivity index (χ0v) is 16.9. The summed E-state index contributed by atoms with van der Waals surface area (Å²) in [6.45, 7) is 1.14. The van der Waals surface area contributed by atoms with E-state index in [4.69, 9.17) is 15.9 Å². The van der Waals surface area contributed by atoms with Crippen LogP contribution in [0.3, 0.4) is 0 Å². The van der Waals surface area contributed by atoms with E-state index in [-0.39, 0.29) is 41.9 Å². The van der Waals surface area contributed by atoms with E-state index in [1.54, 1.807) is 29.4 Å². The molecular weight excluding hydrogens is 394 g/mol. The van der Waals surface area contributed by atoms with Crippen molar-refractivity contribution in [2.24, 2.45) is 11.7 Å². The fourth-order valence-electron chi connectivity index (χ4n) is 3.31. The highest BCUT2D eigenvalue weighted by Crippen LogP contribution is 2.22. The molecule has 9 heteroatoms. The molecule has 1 aliphatic heterocycles. The molecule has 154 valence electrons. The third-order valence-corrected chi connectivity index (χ3v) is 4.86. The van der Waals surface area contributed by atoms with E-state index >= 15 is 0 Å². The highest BCUT2D eigenvalue weighted by molar-refractivity contribution is 5.95.